The normalized spacial score (nSPS) is 10.7. The zero-order valence-corrected chi connectivity index (χ0v) is 16.0. The number of aliphatic carboxylic acids is 1. The third-order valence-corrected chi connectivity index (χ3v) is 2.71. The van der Waals surface area contributed by atoms with Crippen molar-refractivity contribution in [3.63, 3.8) is 0 Å². The molecule has 0 aliphatic rings. The summed E-state index contributed by atoms with van der Waals surface area (Å²) in [6.07, 6.45) is 0. The van der Waals surface area contributed by atoms with E-state index in [0.717, 1.165) is 0 Å². The summed E-state index contributed by atoms with van der Waals surface area (Å²) in [4.78, 5) is 17.6. The summed E-state index contributed by atoms with van der Waals surface area (Å²) >= 11 is 0. The Kier molecular flexibility index (Phi) is 22.2. The Balaban J connectivity index is 3.01. The number of nitrogens with zero attached hydrogens (tertiary/aromatic N) is 3. The molecule has 0 saturated heterocycles. The molecule has 2 N–H and O–H groups in total. The Labute approximate surface area is 163 Å². The predicted molar refractivity (Wildman–Crippen MR) is 95.7 cm³/mol. The molecule has 0 aromatic rings. The molecule has 0 aromatic carbocycles. The van der Waals surface area contributed by atoms with E-state index in [4.69, 9.17) is 39.2 Å². The summed E-state index contributed by atoms with van der Waals surface area (Å²) in [6.45, 7) is 4.72. The molecule has 0 unspecified atom stereocenters. The van der Waals surface area contributed by atoms with Crippen molar-refractivity contribution in [2.75, 3.05) is 92.6 Å². The highest BCUT2D eigenvalue weighted by molar-refractivity contribution is 5.67. The fourth-order valence-corrected chi connectivity index (χ4v) is 1.53. The number of rotatable bonds is 23. The lowest BCUT2D eigenvalue weighted by Crippen LogP contribution is -2.23. The molecule has 0 bridgehead atoms. The summed E-state index contributed by atoms with van der Waals surface area (Å²) in [6, 6.07) is 0. The van der Waals surface area contributed by atoms with Crippen LogP contribution in [0.15, 0.2) is 5.11 Å². The average Bonchev–Trinajstić information content (AvgIpc) is 2.68. The Morgan fingerprint density at radius 3 is 1.82 bits per heavy atom. The highest BCUT2D eigenvalue weighted by Crippen LogP contribution is 1.84. The van der Waals surface area contributed by atoms with Crippen LogP contribution in [0.2, 0.25) is 0 Å². The Hall–Kier alpha value is -1.54. The van der Waals surface area contributed by atoms with Crippen LogP contribution in [0.5, 0.6) is 0 Å². The van der Waals surface area contributed by atoms with E-state index >= 15 is 0 Å². The van der Waals surface area contributed by atoms with Gasteiger partial charge in [0.1, 0.15) is 6.61 Å². The first-order valence-electron chi connectivity index (χ1n) is 8.81. The second-order valence-corrected chi connectivity index (χ2v) is 4.92. The number of nitrogens with one attached hydrogen (secondary N) is 1. The zero-order valence-electron chi connectivity index (χ0n) is 16.0. The second-order valence-electron chi connectivity index (χ2n) is 4.92. The summed E-state index contributed by atoms with van der Waals surface area (Å²) in [7, 11) is 0. The SMILES string of the molecule is [N-]=[N+]=NCCOCCOCCOCCOCCOCCNOCOCC(=O)O. The topological polar surface area (TPSA) is 163 Å². The zero-order chi connectivity index (χ0) is 20.5. The second kappa shape index (κ2) is 23.5. The molecule has 0 spiro atoms. The molecule has 28 heavy (non-hydrogen) atoms. The minimum absolute atomic E-state index is 0.146. The van der Waals surface area contributed by atoms with E-state index in [2.05, 4.69) is 20.2 Å². The maximum Gasteiger partial charge on any atom is 0.329 e. The molecule has 13 heteroatoms. The minimum Gasteiger partial charge on any atom is -0.480 e. The molecular formula is C15H30N4O9. The highest BCUT2D eigenvalue weighted by atomic mass is 16.8. The number of carboxylic acids is 1. The van der Waals surface area contributed by atoms with Gasteiger partial charge in [-0.25, -0.2) is 4.79 Å². The fraction of sp³-hybridized carbons (Fsp3) is 0.933. The lowest BCUT2D eigenvalue weighted by atomic mass is 10.6. The van der Waals surface area contributed by atoms with Crippen LogP contribution in [0.4, 0.5) is 0 Å². The van der Waals surface area contributed by atoms with Gasteiger partial charge in [-0.2, -0.15) is 5.48 Å². The molecule has 0 rings (SSSR count). The molecule has 0 aliphatic carbocycles. The van der Waals surface area contributed by atoms with Crippen LogP contribution in [-0.2, 0) is 38.1 Å². The summed E-state index contributed by atoms with van der Waals surface area (Å²) in [5.41, 5.74) is 10.6. The van der Waals surface area contributed by atoms with Gasteiger partial charge in [-0.3, -0.25) is 4.84 Å². The molecule has 0 radical (unpaired) electrons. The van der Waals surface area contributed by atoms with Gasteiger partial charge in [-0.15, -0.1) is 0 Å². The van der Waals surface area contributed by atoms with Crippen molar-refractivity contribution in [1.82, 2.24) is 5.48 Å². The lowest BCUT2D eigenvalue weighted by molar-refractivity contribution is -0.153. The molecule has 164 valence electrons. The summed E-state index contributed by atoms with van der Waals surface area (Å²) in [5, 5.41) is 11.7. The van der Waals surface area contributed by atoms with Crippen LogP contribution in [-0.4, -0.2) is 104 Å². The Morgan fingerprint density at radius 2 is 1.32 bits per heavy atom. The molecule has 0 heterocycles. The summed E-state index contributed by atoms with van der Waals surface area (Å²) in [5.74, 6) is -1.05. The maximum absolute atomic E-state index is 10.2. The van der Waals surface area contributed by atoms with E-state index in [1.165, 1.54) is 0 Å². The van der Waals surface area contributed by atoms with Gasteiger partial charge in [0, 0.05) is 18.0 Å². The van der Waals surface area contributed by atoms with Gasteiger partial charge in [0.25, 0.3) is 0 Å². The molecule has 0 atom stereocenters. The van der Waals surface area contributed by atoms with Crippen molar-refractivity contribution in [2.24, 2.45) is 5.11 Å². The van der Waals surface area contributed by atoms with Crippen LogP contribution in [0.1, 0.15) is 0 Å². The van der Waals surface area contributed by atoms with Crippen molar-refractivity contribution in [2.45, 2.75) is 0 Å². The Morgan fingerprint density at radius 1 is 0.821 bits per heavy atom. The number of carbonyl (C=O) groups is 1. The van der Waals surface area contributed by atoms with Crippen LogP contribution in [0.25, 0.3) is 10.4 Å². The number of hydrogen-bond donors (Lipinski definition) is 2. The number of carboxylic acid groups (broad SMARTS) is 1. The number of hydroxylamine groups is 1. The van der Waals surface area contributed by atoms with Crippen LogP contribution >= 0.6 is 0 Å². The van der Waals surface area contributed by atoms with E-state index in [1.807, 2.05) is 0 Å². The third kappa shape index (κ3) is 24.5. The first-order chi connectivity index (χ1) is 13.8. The van der Waals surface area contributed by atoms with Gasteiger partial charge in [-0.1, -0.05) is 5.11 Å². The first-order valence-corrected chi connectivity index (χ1v) is 8.81. The van der Waals surface area contributed by atoms with Gasteiger partial charge in [0.2, 0.25) is 0 Å². The van der Waals surface area contributed by atoms with E-state index in [1.54, 1.807) is 0 Å². The molecule has 0 aromatic heterocycles. The molecule has 13 nitrogen and oxygen atoms in total. The fourth-order valence-electron chi connectivity index (χ4n) is 1.53. The van der Waals surface area contributed by atoms with Crippen molar-refractivity contribution in [1.29, 1.82) is 0 Å². The van der Waals surface area contributed by atoms with Crippen LogP contribution in [0.3, 0.4) is 0 Å². The van der Waals surface area contributed by atoms with Crippen LogP contribution < -0.4 is 5.48 Å². The Bertz CT molecular complexity index is 376. The van der Waals surface area contributed by atoms with Gasteiger partial charge < -0.3 is 33.5 Å². The number of hydrogen-bond acceptors (Lipinski definition) is 10. The smallest absolute Gasteiger partial charge is 0.329 e. The molecular weight excluding hydrogens is 380 g/mol. The van der Waals surface area contributed by atoms with Crippen molar-refractivity contribution in [3.05, 3.63) is 10.4 Å². The largest absolute Gasteiger partial charge is 0.480 e. The van der Waals surface area contributed by atoms with Crippen LogP contribution in [0, 0.1) is 0 Å². The quantitative estimate of drug-likeness (QED) is 0.0583. The molecule has 0 saturated carbocycles. The predicted octanol–water partition coefficient (Wildman–Crippen LogP) is -0.0404. The van der Waals surface area contributed by atoms with Crippen molar-refractivity contribution in [3.8, 4) is 0 Å². The van der Waals surface area contributed by atoms with Gasteiger partial charge in [-0.05, 0) is 5.53 Å². The first kappa shape index (κ1) is 26.5. The lowest BCUT2D eigenvalue weighted by Gasteiger charge is -2.08. The van der Waals surface area contributed by atoms with E-state index < -0.39 is 12.6 Å². The average molecular weight is 410 g/mol. The van der Waals surface area contributed by atoms with Gasteiger partial charge in [0.15, 0.2) is 6.79 Å². The van der Waals surface area contributed by atoms with E-state index in [0.29, 0.717) is 79.2 Å². The monoisotopic (exact) mass is 410 g/mol. The van der Waals surface area contributed by atoms with Crippen molar-refractivity contribution >= 4 is 5.97 Å². The van der Waals surface area contributed by atoms with E-state index in [9.17, 15) is 4.79 Å². The van der Waals surface area contributed by atoms with Crippen molar-refractivity contribution < 1.29 is 43.2 Å². The van der Waals surface area contributed by atoms with Gasteiger partial charge in [0.05, 0.1) is 66.1 Å². The minimum atomic E-state index is -1.05. The standard InChI is InChI=1S/C15H30N4O9/c16-19-17-1-3-22-5-7-24-9-11-26-12-10-25-8-6-23-4-2-18-28-14-27-13-15(20)21/h18H,1-14H2,(H,20,21). The van der Waals surface area contributed by atoms with E-state index in [-0.39, 0.29) is 6.79 Å². The molecule has 0 fully saturated rings. The molecule has 0 aliphatic heterocycles. The van der Waals surface area contributed by atoms with Gasteiger partial charge >= 0.3 is 5.97 Å². The maximum atomic E-state index is 10.2. The number of ether oxygens (including phenoxy) is 6. The highest BCUT2D eigenvalue weighted by Gasteiger charge is 1.96. The number of azide groups is 1. The summed E-state index contributed by atoms with van der Waals surface area (Å²) < 4.78 is 31.1. The molecule has 0 amide bonds. The third-order valence-electron chi connectivity index (χ3n) is 2.71.